The van der Waals surface area contributed by atoms with Gasteiger partial charge in [-0.15, -0.1) is 0 Å². The summed E-state index contributed by atoms with van der Waals surface area (Å²) in [4.78, 5) is 0. The first-order chi connectivity index (χ1) is 9.12. The van der Waals surface area contributed by atoms with E-state index in [9.17, 15) is 5.11 Å². The molecule has 1 saturated carbocycles. The molecule has 0 radical (unpaired) electrons. The van der Waals surface area contributed by atoms with Crippen molar-refractivity contribution in [1.29, 1.82) is 0 Å². The molecule has 1 aliphatic heterocycles. The number of methoxy groups -OCH3 is 1. The zero-order chi connectivity index (χ0) is 13.5. The van der Waals surface area contributed by atoms with Crippen LogP contribution in [0.1, 0.15) is 43.8 Å². The van der Waals surface area contributed by atoms with Crippen LogP contribution in [0.5, 0.6) is 5.75 Å². The lowest BCUT2D eigenvalue weighted by atomic mass is 9.77. The second kappa shape index (κ2) is 5.08. The third-order valence-electron chi connectivity index (χ3n) is 4.40. The Bertz CT molecular complexity index is 466. The summed E-state index contributed by atoms with van der Waals surface area (Å²) in [5.74, 6) is 0.831. The molecule has 1 N–H and O–H groups in total. The van der Waals surface area contributed by atoms with Gasteiger partial charge >= 0.3 is 0 Å². The molecule has 0 saturated heterocycles. The Morgan fingerprint density at radius 2 is 2.11 bits per heavy atom. The molecule has 0 aromatic heterocycles. The Morgan fingerprint density at radius 1 is 1.37 bits per heavy atom. The molecule has 3 rings (SSSR count). The van der Waals surface area contributed by atoms with Gasteiger partial charge in [-0.1, -0.05) is 15.9 Å². The molecule has 1 aromatic carbocycles. The highest BCUT2D eigenvalue weighted by Gasteiger charge is 2.43. The van der Waals surface area contributed by atoms with E-state index in [0.29, 0.717) is 12.5 Å². The van der Waals surface area contributed by atoms with Crippen molar-refractivity contribution in [3.8, 4) is 5.75 Å². The number of hydrogen-bond donors (Lipinski definition) is 1. The monoisotopic (exact) mass is 326 g/mol. The minimum Gasteiger partial charge on any atom is -0.487 e. The van der Waals surface area contributed by atoms with Crippen molar-refractivity contribution < 1.29 is 14.6 Å². The topological polar surface area (TPSA) is 38.7 Å². The molecule has 1 atom stereocenters. The average molecular weight is 327 g/mol. The summed E-state index contributed by atoms with van der Waals surface area (Å²) in [7, 11) is 1.77. The van der Waals surface area contributed by atoms with Crippen molar-refractivity contribution in [1.82, 2.24) is 0 Å². The third kappa shape index (κ3) is 2.54. The normalized spacial score (nSPS) is 33.8. The highest BCUT2D eigenvalue weighted by molar-refractivity contribution is 9.10. The molecule has 3 nitrogen and oxygen atoms in total. The molecule has 19 heavy (non-hydrogen) atoms. The Kier molecular flexibility index (Phi) is 3.58. The van der Waals surface area contributed by atoms with Gasteiger partial charge in [0, 0.05) is 23.6 Å². The molecule has 0 amide bonds. The highest BCUT2D eigenvalue weighted by Crippen LogP contribution is 2.46. The number of aliphatic hydroxyl groups excluding tert-OH is 1. The van der Waals surface area contributed by atoms with Crippen molar-refractivity contribution >= 4 is 15.9 Å². The SMILES string of the molecule is COC1CCC2(CC1)C[C@H](O)c1cc(Br)ccc1O2. The molecule has 1 aromatic rings. The summed E-state index contributed by atoms with van der Waals surface area (Å²) >= 11 is 3.44. The predicted molar refractivity (Wildman–Crippen MR) is 76.3 cm³/mol. The van der Waals surface area contributed by atoms with Crippen LogP contribution in [0.15, 0.2) is 22.7 Å². The van der Waals surface area contributed by atoms with Crippen LogP contribution < -0.4 is 4.74 Å². The Hall–Kier alpha value is -0.580. The second-order valence-electron chi connectivity index (χ2n) is 5.62. The Labute approximate surface area is 122 Å². The molecule has 1 heterocycles. The molecule has 104 valence electrons. The average Bonchev–Trinajstić information content (AvgIpc) is 2.41. The molecular weight excluding hydrogens is 308 g/mol. The molecule has 2 aliphatic rings. The van der Waals surface area contributed by atoms with E-state index < -0.39 is 6.10 Å². The lowest BCUT2D eigenvalue weighted by molar-refractivity contribution is -0.0672. The number of aliphatic hydroxyl groups is 1. The van der Waals surface area contributed by atoms with E-state index in [2.05, 4.69) is 15.9 Å². The summed E-state index contributed by atoms with van der Waals surface area (Å²) in [5, 5.41) is 10.4. The number of ether oxygens (including phenoxy) is 2. The zero-order valence-corrected chi connectivity index (χ0v) is 12.6. The van der Waals surface area contributed by atoms with E-state index in [0.717, 1.165) is 41.5 Å². The minimum atomic E-state index is -0.430. The Balaban J connectivity index is 1.83. The molecule has 1 spiro atoms. The predicted octanol–water partition coefficient (Wildman–Crippen LogP) is 3.59. The summed E-state index contributed by atoms with van der Waals surface area (Å²) in [6.45, 7) is 0. The van der Waals surface area contributed by atoms with Crippen LogP contribution in [0, 0.1) is 0 Å². The first-order valence-corrected chi connectivity index (χ1v) is 7.60. The highest BCUT2D eigenvalue weighted by atomic mass is 79.9. The van der Waals surface area contributed by atoms with Crippen LogP contribution in [0.3, 0.4) is 0 Å². The number of rotatable bonds is 1. The number of benzene rings is 1. The van der Waals surface area contributed by atoms with Crippen molar-refractivity contribution in [3.63, 3.8) is 0 Å². The van der Waals surface area contributed by atoms with Gasteiger partial charge < -0.3 is 14.6 Å². The molecule has 1 fully saturated rings. The molecule has 1 aliphatic carbocycles. The van der Waals surface area contributed by atoms with E-state index in [1.54, 1.807) is 7.11 Å². The van der Waals surface area contributed by atoms with Crippen LogP contribution in [-0.2, 0) is 4.74 Å². The van der Waals surface area contributed by atoms with Gasteiger partial charge in [0.1, 0.15) is 11.4 Å². The smallest absolute Gasteiger partial charge is 0.126 e. The Morgan fingerprint density at radius 3 is 2.79 bits per heavy atom. The van der Waals surface area contributed by atoms with Gasteiger partial charge in [-0.2, -0.15) is 0 Å². The van der Waals surface area contributed by atoms with Crippen LogP contribution in [0.2, 0.25) is 0 Å². The van der Waals surface area contributed by atoms with Gasteiger partial charge in [0.2, 0.25) is 0 Å². The fourth-order valence-electron chi connectivity index (χ4n) is 3.27. The van der Waals surface area contributed by atoms with E-state index >= 15 is 0 Å². The number of hydrogen-bond acceptors (Lipinski definition) is 3. The van der Waals surface area contributed by atoms with Crippen molar-refractivity contribution in [3.05, 3.63) is 28.2 Å². The van der Waals surface area contributed by atoms with Crippen LogP contribution in [-0.4, -0.2) is 23.9 Å². The van der Waals surface area contributed by atoms with E-state index in [-0.39, 0.29) is 5.60 Å². The van der Waals surface area contributed by atoms with Gasteiger partial charge in [-0.05, 0) is 43.9 Å². The largest absolute Gasteiger partial charge is 0.487 e. The van der Waals surface area contributed by atoms with Crippen LogP contribution in [0.25, 0.3) is 0 Å². The van der Waals surface area contributed by atoms with Gasteiger partial charge in [-0.3, -0.25) is 0 Å². The summed E-state index contributed by atoms with van der Waals surface area (Å²) in [5.41, 5.74) is 0.698. The van der Waals surface area contributed by atoms with E-state index in [4.69, 9.17) is 9.47 Å². The molecule has 0 unspecified atom stereocenters. The van der Waals surface area contributed by atoms with Crippen molar-refractivity contribution in [2.24, 2.45) is 0 Å². The molecular formula is C15H19BrO3. The van der Waals surface area contributed by atoms with Crippen molar-refractivity contribution in [2.45, 2.75) is 49.9 Å². The maximum atomic E-state index is 10.4. The fourth-order valence-corrected chi connectivity index (χ4v) is 3.65. The fraction of sp³-hybridized carbons (Fsp3) is 0.600. The lowest BCUT2D eigenvalue weighted by Crippen LogP contribution is -2.45. The quantitative estimate of drug-likeness (QED) is 0.857. The molecule has 4 heteroatoms. The third-order valence-corrected chi connectivity index (χ3v) is 4.89. The van der Waals surface area contributed by atoms with Gasteiger partial charge in [0.05, 0.1) is 12.2 Å². The zero-order valence-electron chi connectivity index (χ0n) is 11.1. The van der Waals surface area contributed by atoms with E-state index in [1.165, 1.54) is 0 Å². The van der Waals surface area contributed by atoms with Gasteiger partial charge in [-0.25, -0.2) is 0 Å². The first-order valence-electron chi connectivity index (χ1n) is 6.81. The van der Waals surface area contributed by atoms with Crippen LogP contribution >= 0.6 is 15.9 Å². The maximum Gasteiger partial charge on any atom is 0.126 e. The maximum absolute atomic E-state index is 10.4. The number of halogens is 1. The van der Waals surface area contributed by atoms with Crippen molar-refractivity contribution in [2.75, 3.05) is 7.11 Å². The lowest BCUT2D eigenvalue weighted by Gasteiger charge is -2.44. The summed E-state index contributed by atoms with van der Waals surface area (Å²) < 4.78 is 12.6. The van der Waals surface area contributed by atoms with Crippen LogP contribution in [0.4, 0.5) is 0 Å². The van der Waals surface area contributed by atoms with E-state index in [1.807, 2.05) is 18.2 Å². The summed E-state index contributed by atoms with van der Waals surface area (Å²) in [6.07, 6.45) is 4.53. The van der Waals surface area contributed by atoms with Gasteiger partial charge in [0.15, 0.2) is 0 Å². The number of fused-ring (bicyclic) bond motifs is 1. The second-order valence-corrected chi connectivity index (χ2v) is 6.54. The minimum absolute atomic E-state index is 0.199. The van der Waals surface area contributed by atoms with Gasteiger partial charge in [0.25, 0.3) is 0 Å². The molecule has 0 bridgehead atoms. The first kappa shape index (κ1) is 13.4. The standard InChI is InChI=1S/C15H19BrO3/c1-18-11-4-6-15(7-5-11)9-13(17)12-8-10(16)2-3-14(12)19-15/h2-3,8,11,13,17H,4-7,9H2,1H3/t11?,13-,15?/m0/s1. The summed E-state index contributed by atoms with van der Waals surface area (Å²) in [6, 6.07) is 5.87.